The minimum absolute atomic E-state index is 0.335. The number of hydrazine groups is 1. The molecule has 2 heterocycles. The van der Waals surface area contributed by atoms with E-state index >= 15 is 0 Å². The Morgan fingerprint density at radius 3 is 1.96 bits per heavy atom. The van der Waals surface area contributed by atoms with Gasteiger partial charge in [-0.2, -0.15) is 0 Å². The number of nitrogens with two attached hydrogens (primary N) is 1. The molecule has 1 aromatic carbocycles. The summed E-state index contributed by atoms with van der Waals surface area (Å²) in [5.41, 5.74) is 6.89. The fraction of sp³-hybridized carbons (Fsp3) is 0.500. The van der Waals surface area contributed by atoms with Crippen LogP contribution in [0.4, 0.5) is 5.69 Å². The van der Waals surface area contributed by atoms with E-state index in [-0.39, 0.29) is 11.8 Å². The molecular weight excluding hydrogens is 314 g/mol. The Bertz CT molecular complexity index is 610. The first-order valence-electron chi connectivity index (χ1n) is 7.95. The van der Waals surface area contributed by atoms with Gasteiger partial charge in [0.25, 0.3) is 11.8 Å². The minimum Gasteiger partial charge on any atom is -0.399 e. The van der Waals surface area contributed by atoms with Gasteiger partial charge in [0.2, 0.25) is 0 Å². The van der Waals surface area contributed by atoms with Gasteiger partial charge in [-0.3, -0.25) is 9.59 Å². The van der Waals surface area contributed by atoms with Crippen molar-refractivity contribution in [1.29, 1.82) is 0 Å². The molecule has 1 saturated heterocycles. The highest BCUT2D eigenvalue weighted by Crippen LogP contribution is 2.26. The van der Waals surface area contributed by atoms with E-state index in [9.17, 15) is 9.59 Å². The molecule has 8 nitrogen and oxygen atoms in total. The molecule has 24 heavy (non-hydrogen) atoms. The zero-order valence-electron chi connectivity index (χ0n) is 13.4. The summed E-state index contributed by atoms with van der Waals surface area (Å²) in [7, 11) is 0. The van der Waals surface area contributed by atoms with Crippen LogP contribution in [0, 0.1) is 0 Å². The Morgan fingerprint density at radius 2 is 1.33 bits per heavy atom. The summed E-state index contributed by atoms with van der Waals surface area (Å²) in [4.78, 5) is 25.3. The summed E-state index contributed by atoms with van der Waals surface area (Å²) in [6, 6.07) is 4.75. The number of benzene rings is 1. The van der Waals surface area contributed by atoms with Crippen LogP contribution in [0.5, 0.6) is 0 Å². The molecule has 0 radical (unpaired) electrons. The predicted octanol–water partition coefficient (Wildman–Crippen LogP) is 0.145. The molecule has 0 atom stereocenters. The molecular formula is C16H21N3O5. The molecule has 0 bridgehead atoms. The van der Waals surface area contributed by atoms with Crippen molar-refractivity contribution >= 4 is 17.5 Å². The molecule has 0 aromatic heterocycles. The Morgan fingerprint density at radius 1 is 0.792 bits per heavy atom. The fourth-order valence-corrected chi connectivity index (χ4v) is 2.70. The normalized spacial score (nSPS) is 21.2. The lowest BCUT2D eigenvalue weighted by atomic mass is 10.1. The molecule has 0 saturated carbocycles. The van der Waals surface area contributed by atoms with Crippen LogP contribution >= 0.6 is 0 Å². The maximum absolute atomic E-state index is 12.6. The van der Waals surface area contributed by atoms with Crippen LogP contribution in [0.1, 0.15) is 20.7 Å². The van der Waals surface area contributed by atoms with Gasteiger partial charge >= 0.3 is 0 Å². The zero-order valence-corrected chi connectivity index (χ0v) is 13.4. The minimum atomic E-state index is -0.363. The van der Waals surface area contributed by atoms with Crippen molar-refractivity contribution < 1.29 is 23.8 Å². The van der Waals surface area contributed by atoms with Gasteiger partial charge in [-0.1, -0.05) is 0 Å². The number of imide groups is 1. The summed E-state index contributed by atoms with van der Waals surface area (Å²) in [6.07, 6.45) is 0. The molecule has 0 spiro atoms. The van der Waals surface area contributed by atoms with Crippen LogP contribution < -0.4 is 5.73 Å². The van der Waals surface area contributed by atoms with Crippen molar-refractivity contribution in [2.75, 3.05) is 58.5 Å². The van der Waals surface area contributed by atoms with E-state index in [0.29, 0.717) is 69.5 Å². The first-order chi connectivity index (χ1) is 11.7. The highest BCUT2D eigenvalue weighted by Gasteiger charge is 2.39. The third kappa shape index (κ3) is 3.57. The number of carbonyl (C=O) groups is 2. The fourth-order valence-electron chi connectivity index (χ4n) is 2.70. The zero-order chi connectivity index (χ0) is 16.9. The van der Waals surface area contributed by atoms with E-state index in [1.807, 2.05) is 0 Å². The Hall–Kier alpha value is -2.00. The van der Waals surface area contributed by atoms with Crippen LogP contribution in [0.15, 0.2) is 18.2 Å². The summed E-state index contributed by atoms with van der Waals surface area (Å²) in [5.74, 6) is -0.705. The number of nitrogen functional groups attached to an aromatic ring is 1. The molecule has 3 rings (SSSR count). The van der Waals surface area contributed by atoms with Gasteiger partial charge in [-0.15, -0.1) is 0 Å². The monoisotopic (exact) mass is 335 g/mol. The van der Waals surface area contributed by atoms with E-state index in [2.05, 4.69) is 0 Å². The van der Waals surface area contributed by atoms with Gasteiger partial charge in [0, 0.05) is 18.8 Å². The number of anilines is 1. The summed E-state index contributed by atoms with van der Waals surface area (Å²) in [6.45, 7) is 3.51. The molecule has 2 aliphatic heterocycles. The summed E-state index contributed by atoms with van der Waals surface area (Å²) in [5, 5.41) is 2.84. The SMILES string of the molecule is Nc1ccc2c(c1)C(=O)N(N1CCOCCOCCOCC1)C2=O. The van der Waals surface area contributed by atoms with Gasteiger partial charge in [0.1, 0.15) is 0 Å². The Kier molecular flexibility index (Phi) is 5.41. The average Bonchev–Trinajstić information content (AvgIpc) is 2.79. The second-order valence-electron chi connectivity index (χ2n) is 5.52. The number of ether oxygens (including phenoxy) is 3. The van der Waals surface area contributed by atoms with Gasteiger partial charge in [0.05, 0.1) is 50.8 Å². The molecule has 0 unspecified atom stereocenters. The topological polar surface area (TPSA) is 94.3 Å². The van der Waals surface area contributed by atoms with Crippen LogP contribution in [-0.4, -0.2) is 74.6 Å². The van der Waals surface area contributed by atoms with E-state index in [0.717, 1.165) is 0 Å². The van der Waals surface area contributed by atoms with Crippen LogP contribution in [0.2, 0.25) is 0 Å². The van der Waals surface area contributed by atoms with E-state index in [1.165, 1.54) is 11.1 Å². The summed E-state index contributed by atoms with van der Waals surface area (Å²) >= 11 is 0. The smallest absolute Gasteiger partial charge is 0.276 e. The molecule has 8 heteroatoms. The maximum atomic E-state index is 12.6. The van der Waals surface area contributed by atoms with Crippen LogP contribution in [0.3, 0.4) is 0 Å². The highest BCUT2D eigenvalue weighted by molar-refractivity contribution is 6.21. The molecule has 0 aliphatic carbocycles. The van der Waals surface area contributed by atoms with Crippen molar-refractivity contribution in [2.24, 2.45) is 0 Å². The van der Waals surface area contributed by atoms with Gasteiger partial charge in [-0.25, -0.2) is 10.0 Å². The first-order valence-corrected chi connectivity index (χ1v) is 7.95. The number of hydrogen-bond acceptors (Lipinski definition) is 7. The van der Waals surface area contributed by atoms with E-state index in [1.54, 1.807) is 17.1 Å². The van der Waals surface area contributed by atoms with Crippen molar-refractivity contribution in [3.63, 3.8) is 0 Å². The predicted molar refractivity (Wildman–Crippen MR) is 85.4 cm³/mol. The Labute approximate surface area is 140 Å². The van der Waals surface area contributed by atoms with Crippen molar-refractivity contribution in [3.05, 3.63) is 29.3 Å². The molecule has 1 aromatic rings. The number of fused-ring (bicyclic) bond motifs is 1. The molecule has 130 valence electrons. The lowest BCUT2D eigenvalue weighted by Gasteiger charge is -2.30. The highest BCUT2D eigenvalue weighted by atomic mass is 16.5. The lowest BCUT2D eigenvalue weighted by molar-refractivity contribution is -0.0461. The lowest BCUT2D eigenvalue weighted by Crippen LogP contribution is -2.49. The van der Waals surface area contributed by atoms with Crippen molar-refractivity contribution in [1.82, 2.24) is 10.0 Å². The number of hydrogen-bond donors (Lipinski definition) is 1. The molecule has 2 amide bonds. The molecule has 2 aliphatic rings. The second-order valence-corrected chi connectivity index (χ2v) is 5.52. The summed E-state index contributed by atoms with van der Waals surface area (Å²) < 4.78 is 16.3. The average molecular weight is 335 g/mol. The number of amides is 2. The Balaban J connectivity index is 1.75. The first kappa shape index (κ1) is 16.8. The number of nitrogens with zero attached hydrogens (tertiary/aromatic N) is 2. The molecule has 1 fully saturated rings. The number of rotatable bonds is 1. The maximum Gasteiger partial charge on any atom is 0.276 e. The van der Waals surface area contributed by atoms with Gasteiger partial charge in [0.15, 0.2) is 0 Å². The molecule has 2 N–H and O–H groups in total. The second kappa shape index (κ2) is 7.71. The van der Waals surface area contributed by atoms with Crippen molar-refractivity contribution in [2.45, 2.75) is 0 Å². The largest absolute Gasteiger partial charge is 0.399 e. The quantitative estimate of drug-likeness (QED) is 0.576. The van der Waals surface area contributed by atoms with Crippen LogP contribution in [-0.2, 0) is 14.2 Å². The van der Waals surface area contributed by atoms with E-state index < -0.39 is 0 Å². The van der Waals surface area contributed by atoms with Gasteiger partial charge in [-0.05, 0) is 18.2 Å². The van der Waals surface area contributed by atoms with Gasteiger partial charge < -0.3 is 19.9 Å². The standard InChI is InChI=1S/C16H21N3O5/c17-12-1-2-13-14(11-12)16(21)19(15(13)20)18-3-5-22-7-9-24-10-8-23-6-4-18/h1-2,11H,3-10,17H2. The number of carbonyl (C=O) groups excluding carboxylic acids is 2. The van der Waals surface area contributed by atoms with E-state index in [4.69, 9.17) is 19.9 Å². The van der Waals surface area contributed by atoms with Crippen LogP contribution in [0.25, 0.3) is 0 Å². The van der Waals surface area contributed by atoms with Crippen molar-refractivity contribution in [3.8, 4) is 0 Å². The third-order valence-electron chi connectivity index (χ3n) is 3.90. The third-order valence-corrected chi connectivity index (χ3v) is 3.90.